The van der Waals surface area contributed by atoms with Gasteiger partial charge in [0.05, 0.1) is 5.69 Å². The van der Waals surface area contributed by atoms with Gasteiger partial charge in [-0.25, -0.2) is 0 Å². The number of benzene rings is 2. The minimum Gasteiger partial charge on any atom is -0.492 e. The minimum atomic E-state index is 0.469. The molecule has 1 aliphatic heterocycles. The number of aromatic nitrogens is 1. The van der Waals surface area contributed by atoms with E-state index in [1.165, 1.54) is 24.0 Å². The first-order chi connectivity index (χ1) is 13.4. The highest BCUT2D eigenvalue weighted by atomic mass is 16.5. The molecular weight excluding hydrogens is 332 g/mol. The maximum Gasteiger partial charge on any atom is 0.119 e. The van der Waals surface area contributed by atoms with Crippen LogP contribution >= 0.6 is 0 Å². The molecule has 27 heavy (non-hydrogen) atoms. The van der Waals surface area contributed by atoms with Gasteiger partial charge in [-0.1, -0.05) is 48.5 Å². The van der Waals surface area contributed by atoms with Gasteiger partial charge < -0.3 is 4.74 Å². The first-order valence-electron chi connectivity index (χ1n) is 9.76. The van der Waals surface area contributed by atoms with E-state index in [1.807, 2.05) is 12.3 Å². The first-order valence-corrected chi connectivity index (χ1v) is 9.76. The van der Waals surface area contributed by atoms with Crippen molar-refractivity contribution < 1.29 is 4.74 Å². The summed E-state index contributed by atoms with van der Waals surface area (Å²) in [6.07, 6.45) is 5.26. The summed E-state index contributed by atoms with van der Waals surface area (Å²) in [6, 6.07) is 25.7. The first kappa shape index (κ1) is 17.7. The number of ether oxygens (including phenoxy) is 1. The maximum absolute atomic E-state index is 6.10. The van der Waals surface area contributed by atoms with Crippen molar-refractivity contribution >= 4 is 0 Å². The van der Waals surface area contributed by atoms with Gasteiger partial charge in [0.2, 0.25) is 0 Å². The van der Waals surface area contributed by atoms with Crippen LogP contribution in [-0.4, -0.2) is 29.1 Å². The summed E-state index contributed by atoms with van der Waals surface area (Å²) in [5, 5.41) is 0. The number of rotatable bonds is 7. The van der Waals surface area contributed by atoms with Crippen molar-refractivity contribution in [1.29, 1.82) is 0 Å². The van der Waals surface area contributed by atoms with Crippen molar-refractivity contribution in [1.82, 2.24) is 9.88 Å². The second kappa shape index (κ2) is 8.83. The Morgan fingerprint density at radius 3 is 2.44 bits per heavy atom. The molecule has 1 fully saturated rings. The number of nitrogens with zero attached hydrogens (tertiary/aromatic N) is 2. The maximum atomic E-state index is 6.10. The van der Waals surface area contributed by atoms with E-state index >= 15 is 0 Å². The Balaban J connectivity index is 1.30. The van der Waals surface area contributed by atoms with Gasteiger partial charge in [0.15, 0.2) is 0 Å². The molecule has 3 aromatic rings. The van der Waals surface area contributed by atoms with Crippen LogP contribution in [0.25, 0.3) is 0 Å². The van der Waals surface area contributed by atoms with Crippen LogP contribution in [0.4, 0.5) is 0 Å². The van der Waals surface area contributed by atoms with Gasteiger partial charge in [-0.2, -0.15) is 0 Å². The SMILES string of the molecule is c1ccc(Cc2ccc(OC[C@H]3CCCN3Cc3ccccn3)cc2)cc1. The molecule has 1 atom stereocenters. The van der Waals surface area contributed by atoms with E-state index < -0.39 is 0 Å². The Labute approximate surface area is 161 Å². The third-order valence-electron chi connectivity index (χ3n) is 5.21. The zero-order valence-electron chi connectivity index (χ0n) is 15.6. The quantitative estimate of drug-likeness (QED) is 0.611. The summed E-state index contributed by atoms with van der Waals surface area (Å²) in [4.78, 5) is 6.95. The Morgan fingerprint density at radius 1 is 0.889 bits per heavy atom. The fourth-order valence-corrected chi connectivity index (χ4v) is 3.72. The number of hydrogen-bond acceptors (Lipinski definition) is 3. The van der Waals surface area contributed by atoms with Crippen LogP contribution in [0.1, 0.15) is 29.7 Å². The lowest BCUT2D eigenvalue weighted by Crippen LogP contribution is -2.33. The number of likely N-dealkylation sites (tertiary alicyclic amines) is 1. The van der Waals surface area contributed by atoms with Crippen LogP contribution < -0.4 is 4.74 Å². The summed E-state index contributed by atoms with van der Waals surface area (Å²) >= 11 is 0. The third kappa shape index (κ3) is 4.95. The molecule has 0 bridgehead atoms. The molecule has 3 nitrogen and oxygen atoms in total. The molecule has 2 aromatic carbocycles. The Morgan fingerprint density at radius 2 is 1.67 bits per heavy atom. The average molecular weight is 358 g/mol. The fourth-order valence-electron chi connectivity index (χ4n) is 3.72. The number of hydrogen-bond donors (Lipinski definition) is 0. The molecule has 0 unspecified atom stereocenters. The van der Waals surface area contributed by atoms with Gasteiger partial charge in [0.1, 0.15) is 12.4 Å². The molecule has 0 N–H and O–H groups in total. The summed E-state index contributed by atoms with van der Waals surface area (Å²) in [5.41, 5.74) is 3.78. The highest BCUT2D eigenvalue weighted by Crippen LogP contribution is 2.21. The van der Waals surface area contributed by atoms with Gasteiger partial charge >= 0.3 is 0 Å². The molecule has 0 amide bonds. The molecule has 1 aromatic heterocycles. The molecule has 0 spiro atoms. The van der Waals surface area contributed by atoms with E-state index in [0.29, 0.717) is 6.04 Å². The highest BCUT2D eigenvalue weighted by Gasteiger charge is 2.25. The minimum absolute atomic E-state index is 0.469. The van der Waals surface area contributed by atoms with E-state index in [-0.39, 0.29) is 0 Å². The van der Waals surface area contributed by atoms with E-state index in [9.17, 15) is 0 Å². The van der Waals surface area contributed by atoms with E-state index in [4.69, 9.17) is 4.74 Å². The van der Waals surface area contributed by atoms with Gasteiger partial charge in [-0.3, -0.25) is 9.88 Å². The largest absolute Gasteiger partial charge is 0.492 e. The van der Waals surface area contributed by atoms with Crippen LogP contribution in [0.3, 0.4) is 0 Å². The lowest BCUT2D eigenvalue weighted by Gasteiger charge is -2.24. The van der Waals surface area contributed by atoms with Gasteiger partial charge in [-0.15, -0.1) is 0 Å². The van der Waals surface area contributed by atoms with Crippen LogP contribution in [0.5, 0.6) is 5.75 Å². The van der Waals surface area contributed by atoms with E-state index in [1.54, 1.807) is 0 Å². The molecule has 1 saturated heterocycles. The average Bonchev–Trinajstić information content (AvgIpc) is 3.16. The summed E-state index contributed by atoms with van der Waals surface area (Å²) in [7, 11) is 0. The summed E-state index contributed by atoms with van der Waals surface area (Å²) in [6.45, 7) is 2.77. The summed E-state index contributed by atoms with van der Waals surface area (Å²) in [5.74, 6) is 0.955. The lowest BCUT2D eigenvalue weighted by atomic mass is 10.1. The molecule has 0 radical (unpaired) electrons. The monoisotopic (exact) mass is 358 g/mol. The molecule has 4 rings (SSSR count). The van der Waals surface area contributed by atoms with E-state index in [2.05, 4.69) is 76.6 Å². The summed E-state index contributed by atoms with van der Waals surface area (Å²) < 4.78 is 6.10. The predicted octanol–water partition coefficient (Wildman–Crippen LogP) is 4.72. The van der Waals surface area contributed by atoms with Crippen molar-refractivity contribution in [3.05, 3.63) is 95.8 Å². The Bertz CT molecular complexity index is 818. The molecule has 0 aliphatic carbocycles. The second-order valence-electron chi connectivity index (χ2n) is 7.20. The topological polar surface area (TPSA) is 25.4 Å². The zero-order valence-corrected chi connectivity index (χ0v) is 15.6. The standard InChI is InChI=1S/C24H26N2O/c1-2-7-20(8-3-1)17-21-11-13-24(14-12-21)27-19-23-10-6-16-26(23)18-22-9-4-5-15-25-22/h1-5,7-9,11-15,23H,6,10,16-19H2/t23-/m1/s1. The molecule has 1 aliphatic rings. The van der Waals surface area contributed by atoms with Crippen LogP contribution in [0.15, 0.2) is 79.0 Å². The predicted molar refractivity (Wildman–Crippen MR) is 109 cm³/mol. The molecule has 0 saturated carbocycles. The van der Waals surface area contributed by atoms with Crippen LogP contribution in [0.2, 0.25) is 0 Å². The highest BCUT2D eigenvalue weighted by molar-refractivity contribution is 5.31. The van der Waals surface area contributed by atoms with Crippen molar-refractivity contribution in [2.45, 2.75) is 31.8 Å². The lowest BCUT2D eigenvalue weighted by molar-refractivity contribution is 0.165. The van der Waals surface area contributed by atoms with Gasteiger partial charge in [0, 0.05) is 18.8 Å². The Hall–Kier alpha value is -2.65. The second-order valence-corrected chi connectivity index (χ2v) is 7.20. The molecule has 2 heterocycles. The molecule has 138 valence electrons. The van der Waals surface area contributed by atoms with Crippen LogP contribution in [-0.2, 0) is 13.0 Å². The smallest absolute Gasteiger partial charge is 0.119 e. The Kier molecular flexibility index (Phi) is 5.80. The van der Waals surface area contributed by atoms with Gasteiger partial charge in [-0.05, 0) is 61.2 Å². The molecular formula is C24H26N2O. The van der Waals surface area contributed by atoms with Crippen molar-refractivity contribution in [2.75, 3.05) is 13.2 Å². The van der Waals surface area contributed by atoms with E-state index in [0.717, 1.165) is 37.6 Å². The molecule has 3 heteroatoms. The zero-order chi connectivity index (χ0) is 18.3. The fraction of sp³-hybridized carbons (Fsp3) is 0.292. The van der Waals surface area contributed by atoms with Crippen molar-refractivity contribution in [2.24, 2.45) is 0 Å². The van der Waals surface area contributed by atoms with Crippen molar-refractivity contribution in [3.8, 4) is 5.75 Å². The normalized spacial score (nSPS) is 17.1. The van der Waals surface area contributed by atoms with Crippen molar-refractivity contribution in [3.63, 3.8) is 0 Å². The number of pyridine rings is 1. The van der Waals surface area contributed by atoms with Crippen LogP contribution in [0, 0.1) is 0 Å². The van der Waals surface area contributed by atoms with Gasteiger partial charge in [0.25, 0.3) is 0 Å². The third-order valence-corrected chi connectivity index (χ3v) is 5.21.